The first-order chi connectivity index (χ1) is 14.8. The van der Waals surface area contributed by atoms with Gasteiger partial charge in [-0.3, -0.25) is 10.1 Å². The number of carbonyl (C=O) groups is 1. The van der Waals surface area contributed by atoms with Crippen molar-refractivity contribution in [3.05, 3.63) is 84.4 Å². The summed E-state index contributed by atoms with van der Waals surface area (Å²) in [7, 11) is 0. The van der Waals surface area contributed by atoms with Crippen LogP contribution in [0, 0.1) is 0 Å². The Morgan fingerprint density at radius 3 is 2.03 bits per heavy atom. The van der Waals surface area contributed by atoms with Gasteiger partial charge in [0.15, 0.2) is 11.7 Å². The molecule has 160 valence electrons. The summed E-state index contributed by atoms with van der Waals surface area (Å²) in [5.74, 6) is 0.322. The van der Waals surface area contributed by atoms with Gasteiger partial charge in [-0.05, 0) is 71.7 Å². The van der Waals surface area contributed by atoms with E-state index in [2.05, 4.69) is 36.7 Å². The molecule has 3 rings (SSSR count). The minimum atomic E-state index is -0.320. The first-order valence-electron chi connectivity index (χ1n) is 10.1. The van der Waals surface area contributed by atoms with Gasteiger partial charge >= 0.3 is 0 Å². The highest BCUT2D eigenvalue weighted by Crippen LogP contribution is 2.24. The fourth-order valence-corrected chi connectivity index (χ4v) is 3.08. The van der Waals surface area contributed by atoms with Gasteiger partial charge in [-0.2, -0.15) is 0 Å². The van der Waals surface area contributed by atoms with Gasteiger partial charge in [0.1, 0.15) is 5.75 Å². The van der Waals surface area contributed by atoms with Crippen LogP contribution < -0.4 is 20.7 Å². The lowest BCUT2D eigenvalue weighted by Gasteiger charge is -2.19. The van der Waals surface area contributed by atoms with Crippen molar-refractivity contribution in [1.29, 1.82) is 0 Å². The summed E-state index contributed by atoms with van der Waals surface area (Å²) in [6.45, 7) is 6.34. The highest BCUT2D eigenvalue weighted by atomic mass is 32.1. The molecule has 3 N–H and O–H groups in total. The fraction of sp³-hybridized carbons (Fsp3) is 0.200. The third-order valence-electron chi connectivity index (χ3n) is 4.55. The first-order valence-corrected chi connectivity index (χ1v) is 10.5. The van der Waals surface area contributed by atoms with Gasteiger partial charge in [-0.15, -0.1) is 0 Å². The summed E-state index contributed by atoms with van der Waals surface area (Å²) in [5, 5.41) is 9.17. The SMILES string of the molecule is CC(C)(C)c1ccc(OCC(=O)NC(=S)Nc2ccc(Nc3ccccc3)cc2)cc1. The lowest BCUT2D eigenvalue weighted by molar-refractivity contribution is -0.121. The Morgan fingerprint density at radius 2 is 1.42 bits per heavy atom. The molecule has 0 saturated carbocycles. The van der Waals surface area contributed by atoms with Crippen LogP contribution in [0.2, 0.25) is 0 Å². The number of rotatable bonds is 6. The Morgan fingerprint density at radius 1 is 0.839 bits per heavy atom. The molecule has 6 heteroatoms. The number of hydrogen-bond donors (Lipinski definition) is 3. The molecule has 31 heavy (non-hydrogen) atoms. The minimum absolute atomic E-state index is 0.0730. The van der Waals surface area contributed by atoms with Crippen LogP contribution in [0.3, 0.4) is 0 Å². The molecule has 0 radical (unpaired) electrons. The number of carbonyl (C=O) groups excluding carboxylic acids is 1. The number of anilines is 3. The molecule has 0 heterocycles. The summed E-state index contributed by atoms with van der Waals surface area (Å²) in [5.41, 5.74) is 4.03. The standard InChI is InChI=1S/C25H27N3O2S/c1-25(2,3)18-9-15-22(16-10-18)30-17-23(29)28-24(31)27-21-13-11-20(12-14-21)26-19-7-5-4-6-8-19/h4-16,26H,17H2,1-3H3,(H2,27,28,29,31). The first kappa shape index (κ1) is 22.3. The maximum Gasteiger partial charge on any atom is 0.264 e. The van der Waals surface area contributed by atoms with Crippen molar-refractivity contribution in [1.82, 2.24) is 5.32 Å². The van der Waals surface area contributed by atoms with Crippen molar-refractivity contribution in [2.75, 3.05) is 17.2 Å². The fourth-order valence-electron chi connectivity index (χ4n) is 2.85. The van der Waals surface area contributed by atoms with Gasteiger partial charge in [0, 0.05) is 17.1 Å². The molecule has 3 aromatic carbocycles. The summed E-state index contributed by atoms with van der Waals surface area (Å²) in [6, 6.07) is 25.3. The van der Waals surface area contributed by atoms with Gasteiger partial charge < -0.3 is 15.4 Å². The number of para-hydroxylation sites is 1. The van der Waals surface area contributed by atoms with Crippen LogP contribution in [0.25, 0.3) is 0 Å². The van der Waals surface area contributed by atoms with Crippen molar-refractivity contribution in [3.63, 3.8) is 0 Å². The topological polar surface area (TPSA) is 62.4 Å². The second-order valence-electron chi connectivity index (χ2n) is 8.13. The molecule has 0 aromatic heterocycles. The summed E-state index contributed by atoms with van der Waals surface area (Å²) >= 11 is 5.22. The molecule has 5 nitrogen and oxygen atoms in total. The summed E-state index contributed by atoms with van der Waals surface area (Å²) < 4.78 is 5.55. The Labute approximate surface area is 188 Å². The predicted octanol–water partition coefficient (Wildman–Crippen LogP) is 5.62. The van der Waals surface area contributed by atoms with Crippen LogP contribution in [-0.2, 0) is 10.2 Å². The number of thiocarbonyl (C=S) groups is 1. The normalized spacial score (nSPS) is 10.8. The number of hydrogen-bond acceptors (Lipinski definition) is 4. The molecule has 0 bridgehead atoms. The van der Waals surface area contributed by atoms with Crippen molar-refractivity contribution >= 4 is 40.3 Å². The molecular formula is C25H27N3O2S. The monoisotopic (exact) mass is 433 g/mol. The second-order valence-corrected chi connectivity index (χ2v) is 8.54. The van der Waals surface area contributed by atoms with Crippen molar-refractivity contribution < 1.29 is 9.53 Å². The Kier molecular flexibility index (Phi) is 7.26. The van der Waals surface area contributed by atoms with Crippen molar-refractivity contribution in [2.24, 2.45) is 0 Å². The number of nitrogens with one attached hydrogen (secondary N) is 3. The van der Waals surface area contributed by atoms with E-state index in [-0.39, 0.29) is 23.0 Å². The zero-order valence-corrected chi connectivity index (χ0v) is 18.8. The van der Waals surface area contributed by atoms with Gasteiger partial charge in [0.05, 0.1) is 0 Å². The van der Waals surface area contributed by atoms with E-state index in [1.165, 1.54) is 5.56 Å². The Hall–Kier alpha value is -3.38. The number of amides is 1. The third kappa shape index (κ3) is 7.12. The molecule has 0 aliphatic rings. The number of ether oxygens (including phenoxy) is 1. The lowest BCUT2D eigenvalue weighted by Crippen LogP contribution is -2.37. The predicted molar refractivity (Wildman–Crippen MR) is 131 cm³/mol. The van der Waals surface area contributed by atoms with E-state index in [4.69, 9.17) is 17.0 Å². The molecule has 0 unspecified atom stereocenters. The Balaban J connectivity index is 1.44. The zero-order valence-electron chi connectivity index (χ0n) is 17.9. The molecule has 0 aliphatic heterocycles. The highest BCUT2D eigenvalue weighted by Gasteiger charge is 2.13. The maximum absolute atomic E-state index is 12.1. The second kappa shape index (κ2) is 10.1. The van der Waals surface area contributed by atoms with Gasteiger partial charge in [0.2, 0.25) is 0 Å². The van der Waals surface area contributed by atoms with Gasteiger partial charge in [-0.25, -0.2) is 0 Å². The van der Waals surface area contributed by atoms with E-state index >= 15 is 0 Å². The molecule has 0 spiro atoms. The van der Waals surface area contributed by atoms with E-state index in [9.17, 15) is 4.79 Å². The molecule has 0 fully saturated rings. The van der Waals surface area contributed by atoms with E-state index in [1.54, 1.807) is 0 Å². The molecular weight excluding hydrogens is 406 g/mol. The van der Waals surface area contributed by atoms with Gasteiger partial charge in [0.25, 0.3) is 5.91 Å². The average Bonchev–Trinajstić information content (AvgIpc) is 2.74. The van der Waals surface area contributed by atoms with Crippen LogP contribution in [-0.4, -0.2) is 17.6 Å². The highest BCUT2D eigenvalue weighted by molar-refractivity contribution is 7.80. The molecule has 0 atom stereocenters. The average molecular weight is 434 g/mol. The summed E-state index contributed by atoms with van der Waals surface area (Å²) in [6.07, 6.45) is 0. The van der Waals surface area contributed by atoms with Crippen LogP contribution in [0.1, 0.15) is 26.3 Å². The Bertz CT molecular complexity index is 1010. The third-order valence-corrected chi connectivity index (χ3v) is 4.75. The minimum Gasteiger partial charge on any atom is -0.484 e. The smallest absolute Gasteiger partial charge is 0.264 e. The van der Waals surface area contributed by atoms with E-state index in [1.807, 2.05) is 78.9 Å². The maximum atomic E-state index is 12.1. The summed E-state index contributed by atoms with van der Waals surface area (Å²) in [4.78, 5) is 12.1. The van der Waals surface area contributed by atoms with Crippen LogP contribution >= 0.6 is 12.2 Å². The van der Waals surface area contributed by atoms with Crippen molar-refractivity contribution in [3.8, 4) is 5.75 Å². The largest absolute Gasteiger partial charge is 0.484 e. The van der Waals surface area contributed by atoms with E-state index in [0.717, 1.165) is 17.1 Å². The van der Waals surface area contributed by atoms with E-state index in [0.29, 0.717) is 5.75 Å². The van der Waals surface area contributed by atoms with Crippen LogP contribution in [0.15, 0.2) is 78.9 Å². The van der Waals surface area contributed by atoms with Crippen LogP contribution in [0.5, 0.6) is 5.75 Å². The number of benzene rings is 3. The van der Waals surface area contributed by atoms with Gasteiger partial charge in [-0.1, -0.05) is 51.1 Å². The molecule has 3 aromatic rings. The van der Waals surface area contributed by atoms with E-state index < -0.39 is 0 Å². The van der Waals surface area contributed by atoms with Crippen LogP contribution in [0.4, 0.5) is 17.1 Å². The lowest BCUT2D eigenvalue weighted by atomic mass is 9.87. The quantitative estimate of drug-likeness (QED) is 0.441. The molecule has 0 aliphatic carbocycles. The zero-order chi connectivity index (χ0) is 22.3. The molecule has 0 saturated heterocycles. The van der Waals surface area contributed by atoms with Crippen molar-refractivity contribution in [2.45, 2.75) is 26.2 Å². The molecule has 1 amide bonds.